The number of likely N-dealkylation sites (tertiary alicyclic amines) is 1. The third kappa shape index (κ3) is 5.02. The van der Waals surface area contributed by atoms with E-state index in [1.165, 1.54) is 12.5 Å². The summed E-state index contributed by atoms with van der Waals surface area (Å²) in [4.78, 5) is 30.5. The lowest BCUT2D eigenvalue weighted by molar-refractivity contribution is -0.135. The van der Waals surface area contributed by atoms with Crippen LogP contribution in [0.15, 0.2) is 66.7 Å². The van der Waals surface area contributed by atoms with Gasteiger partial charge in [0.25, 0.3) is 0 Å². The van der Waals surface area contributed by atoms with Gasteiger partial charge in [0.2, 0.25) is 5.91 Å². The summed E-state index contributed by atoms with van der Waals surface area (Å²) in [6.07, 6.45) is 7.92. The lowest BCUT2D eigenvalue weighted by Crippen LogP contribution is -2.69. The Labute approximate surface area is 265 Å². The van der Waals surface area contributed by atoms with Crippen molar-refractivity contribution >= 4 is 18.0 Å². The van der Waals surface area contributed by atoms with E-state index >= 15 is 0 Å². The largest absolute Gasteiger partial charge is 0.493 e. The lowest BCUT2D eigenvalue weighted by atomic mass is 9.50. The molecular formula is C38H42N2O5. The first-order valence-electron chi connectivity index (χ1n) is 16.2. The molecule has 3 aromatic carbocycles. The molecule has 2 aliphatic heterocycles. The summed E-state index contributed by atoms with van der Waals surface area (Å²) in [7, 11) is 3.55. The van der Waals surface area contributed by atoms with Crippen LogP contribution in [0.3, 0.4) is 0 Å². The quantitative estimate of drug-likeness (QED) is 0.185. The number of hydrogen-bond donors (Lipinski definition) is 0. The van der Waals surface area contributed by atoms with Gasteiger partial charge < -0.3 is 19.1 Å². The highest BCUT2D eigenvalue weighted by Gasteiger charge is 2.67. The van der Waals surface area contributed by atoms with Gasteiger partial charge in [-0.1, -0.05) is 60.2 Å². The smallest absolute Gasteiger partial charge is 0.308 e. The van der Waals surface area contributed by atoms with Gasteiger partial charge in [0, 0.05) is 55.2 Å². The summed E-state index contributed by atoms with van der Waals surface area (Å²) in [6.45, 7) is 5.42. The normalized spacial score (nSPS) is 26.2. The monoisotopic (exact) mass is 606 g/mol. The third-order valence-corrected chi connectivity index (χ3v) is 10.8. The van der Waals surface area contributed by atoms with E-state index in [-0.39, 0.29) is 35.5 Å². The summed E-state index contributed by atoms with van der Waals surface area (Å²) in [5.74, 6) is 1.91. The van der Waals surface area contributed by atoms with Crippen molar-refractivity contribution in [2.24, 2.45) is 5.92 Å². The Kier molecular flexibility index (Phi) is 7.68. The zero-order valence-electron chi connectivity index (χ0n) is 26.6. The van der Waals surface area contributed by atoms with Gasteiger partial charge in [-0.25, -0.2) is 0 Å². The van der Waals surface area contributed by atoms with Crippen LogP contribution >= 0.6 is 0 Å². The van der Waals surface area contributed by atoms with Crippen molar-refractivity contribution < 1.29 is 23.8 Å². The highest BCUT2D eigenvalue weighted by Crippen LogP contribution is 2.65. The van der Waals surface area contributed by atoms with Crippen LogP contribution in [0.1, 0.15) is 54.0 Å². The zero-order chi connectivity index (χ0) is 31.3. The van der Waals surface area contributed by atoms with Gasteiger partial charge in [-0.3, -0.25) is 14.5 Å². The van der Waals surface area contributed by atoms with Gasteiger partial charge in [-0.05, 0) is 68.7 Å². The highest BCUT2D eigenvalue weighted by molar-refractivity contribution is 5.92. The first-order chi connectivity index (χ1) is 21.8. The molecule has 0 unspecified atom stereocenters. The molecule has 4 aliphatic rings. The Hall–Kier alpha value is -4.10. The Balaban J connectivity index is 1.25. The fourth-order valence-corrected chi connectivity index (χ4v) is 8.85. The summed E-state index contributed by atoms with van der Waals surface area (Å²) >= 11 is 0. The van der Waals surface area contributed by atoms with E-state index in [9.17, 15) is 9.59 Å². The second-order valence-electron chi connectivity index (χ2n) is 13.2. The van der Waals surface area contributed by atoms with E-state index in [1.54, 1.807) is 13.2 Å². The number of hydrogen-bond acceptors (Lipinski definition) is 6. The second-order valence-corrected chi connectivity index (χ2v) is 13.2. The molecule has 2 aliphatic carbocycles. The average molecular weight is 607 g/mol. The molecule has 0 radical (unpaired) electrons. The number of likely N-dealkylation sites (N-methyl/N-ethyl adjacent to an activating group) is 1. The first-order valence-corrected chi connectivity index (χ1v) is 16.2. The van der Waals surface area contributed by atoms with Crippen LogP contribution in [0, 0.1) is 12.8 Å². The summed E-state index contributed by atoms with van der Waals surface area (Å²) in [5.41, 5.74) is 5.42. The Morgan fingerprint density at radius 2 is 1.91 bits per heavy atom. The van der Waals surface area contributed by atoms with Crippen LogP contribution in [0.5, 0.6) is 17.2 Å². The van der Waals surface area contributed by atoms with E-state index in [1.807, 2.05) is 36.2 Å². The van der Waals surface area contributed by atoms with E-state index in [2.05, 4.69) is 54.3 Å². The van der Waals surface area contributed by atoms with Gasteiger partial charge in [0.1, 0.15) is 11.9 Å². The van der Waals surface area contributed by atoms with Crippen LogP contribution < -0.4 is 14.2 Å². The third-order valence-electron chi connectivity index (χ3n) is 10.8. The molecule has 2 fully saturated rings. The second kappa shape index (κ2) is 11.7. The minimum absolute atomic E-state index is 0.0311. The summed E-state index contributed by atoms with van der Waals surface area (Å²) in [6, 6.07) is 20.8. The van der Waals surface area contributed by atoms with Crippen molar-refractivity contribution in [1.82, 2.24) is 9.80 Å². The number of carbonyl (C=O) groups excluding carboxylic acids is 2. The number of rotatable bonds is 8. The number of benzene rings is 3. The molecule has 7 heteroatoms. The maximum absolute atomic E-state index is 13.7. The molecular weight excluding hydrogens is 564 g/mol. The van der Waals surface area contributed by atoms with Crippen molar-refractivity contribution in [3.63, 3.8) is 0 Å². The van der Waals surface area contributed by atoms with E-state index in [0.717, 1.165) is 73.2 Å². The number of methoxy groups -OCH3 is 1. The molecule has 1 saturated carbocycles. The molecule has 7 rings (SSSR count). The van der Waals surface area contributed by atoms with Crippen LogP contribution in [0.2, 0.25) is 0 Å². The molecule has 2 heterocycles. The molecule has 45 heavy (non-hydrogen) atoms. The van der Waals surface area contributed by atoms with Crippen molar-refractivity contribution in [3.8, 4) is 17.2 Å². The lowest BCUT2D eigenvalue weighted by Gasteiger charge is -2.60. The number of ether oxygens (including phenoxy) is 3. The standard InChI is InChI=1S/C38H42N2O5/c1-24-9-8-12-27(21-24)13-16-34(42)39(3)30-15-14-29-31-22-28-32(44-25(2)41)23-33(43-4)36-35(28)38(29,37(30)45-36)18-20-40(31)19-17-26-10-6-5-7-11-26/h5-13,16,21,23,29-31,37H,14-15,17-20,22H2,1-4H3/t29-,30-,31+,37-,38-/m0/s1. The summed E-state index contributed by atoms with van der Waals surface area (Å²) in [5, 5.41) is 0. The van der Waals surface area contributed by atoms with Crippen LogP contribution in [0.25, 0.3) is 6.08 Å². The topological polar surface area (TPSA) is 68.3 Å². The maximum Gasteiger partial charge on any atom is 0.308 e. The van der Waals surface area contributed by atoms with Gasteiger partial charge in [-0.2, -0.15) is 0 Å². The highest BCUT2D eigenvalue weighted by atomic mass is 16.5. The zero-order valence-corrected chi connectivity index (χ0v) is 26.6. The Bertz CT molecular complexity index is 1650. The number of esters is 1. The predicted molar refractivity (Wildman–Crippen MR) is 174 cm³/mol. The molecule has 2 bridgehead atoms. The fourth-order valence-electron chi connectivity index (χ4n) is 8.85. The van der Waals surface area contributed by atoms with Crippen molar-refractivity contribution in [1.29, 1.82) is 0 Å². The minimum Gasteiger partial charge on any atom is -0.493 e. The van der Waals surface area contributed by atoms with Crippen LogP contribution in [0.4, 0.5) is 0 Å². The number of nitrogens with zero attached hydrogens (tertiary/aromatic N) is 2. The fraction of sp³-hybridized carbons (Fsp3) is 0.421. The van der Waals surface area contributed by atoms with E-state index in [4.69, 9.17) is 14.2 Å². The molecule has 0 N–H and O–H groups in total. The summed E-state index contributed by atoms with van der Waals surface area (Å²) < 4.78 is 18.7. The first kappa shape index (κ1) is 29.6. The van der Waals surface area contributed by atoms with E-state index < -0.39 is 0 Å². The molecule has 1 saturated heterocycles. The van der Waals surface area contributed by atoms with Gasteiger partial charge in [-0.15, -0.1) is 0 Å². The molecule has 0 aromatic heterocycles. The molecule has 234 valence electrons. The van der Waals surface area contributed by atoms with Gasteiger partial charge >= 0.3 is 5.97 Å². The van der Waals surface area contributed by atoms with Crippen molar-refractivity contribution in [3.05, 3.63) is 94.6 Å². The Morgan fingerprint density at radius 1 is 1.09 bits per heavy atom. The van der Waals surface area contributed by atoms with Crippen molar-refractivity contribution in [2.45, 2.75) is 69.6 Å². The van der Waals surface area contributed by atoms with Crippen molar-refractivity contribution in [2.75, 3.05) is 27.2 Å². The Morgan fingerprint density at radius 3 is 2.67 bits per heavy atom. The minimum atomic E-state index is -0.346. The molecule has 1 amide bonds. The molecule has 1 spiro atoms. The SMILES string of the molecule is COc1cc(OC(C)=O)c2c3c1O[C@H]1[C@@H](N(C)C(=O)C=Cc4cccc(C)c4)CC[C@H]4[C@@H](C2)N(CCc2ccccc2)CC[C@@]341. The van der Waals surface area contributed by atoms with Gasteiger partial charge in [0.15, 0.2) is 11.5 Å². The molecule has 3 aromatic rings. The number of amides is 1. The van der Waals surface area contributed by atoms with Crippen LogP contribution in [-0.2, 0) is 27.8 Å². The molecule has 5 atom stereocenters. The molecule has 7 nitrogen and oxygen atoms in total. The van der Waals surface area contributed by atoms with E-state index in [0.29, 0.717) is 17.4 Å². The number of piperidine rings is 1. The predicted octanol–water partition coefficient (Wildman–Crippen LogP) is 5.75. The maximum atomic E-state index is 13.7. The number of carbonyl (C=O) groups is 2. The van der Waals surface area contributed by atoms with Gasteiger partial charge in [0.05, 0.1) is 13.2 Å². The van der Waals surface area contributed by atoms with Crippen LogP contribution in [-0.4, -0.2) is 67.1 Å². The number of aryl methyl sites for hydroxylation is 1. The average Bonchev–Trinajstić information content (AvgIpc) is 3.38.